The van der Waals surface area contributed by atoms with Crippen molar-refractivity contribution in [2.75, 3.05) is 0 Å². The van der Waals surface area contributed by atoms with Crippen LogP contribution in [0, 0.1) is 11.3 Å². The summed E-state index contributed by atoms with van der Waals surface area (Å²) in [6.45, 7) is 0. The smallest absolute Gasteiger partial charge is 0.188 e. The molecule has 1 aromatic heterocycles. The Morgan fingerprint density at radius 1 is 1.12 bits per heavy atom. The third-order valence-corrected chi connectivity index (χ3v) is 3.18. The van der Waals surface area contributed by atoms with Gasteiger partial charge < -0.3 is 0 Å². The van der Waals surface area contributed by atoms with Gasteiger partial charge in [-0.15, -0.1) is 0 Å². The number of rotatable bonds is 4. The molecule has 0 spiro atoms. The molecule has 1 heterocycles. The minimum absolute atomic E-state index is 0.153. The Hall–Kier alpha value is -1.86. The van der Waals surface area contributed by atoms with Crippen LogP contribution in [-0.4, -0.2) is 15.2 Å². The number of hydrogen-bond donors (Lipinski definition) is 0. The van der Waals surface area contributed by atoms with Gasteiger partial charge in [0.25, 0.3) is 0 Å². The van der Waals surface area contributed by atoms with Crippen LogP contribution in [0.1, 0.15) is 5.56 Å². The topological polar surface area (TPSA) is 49.6 Å². The summed E-state index contributed by atoms with van der Waals surface area (Å²) < 4.78 is 0. The molecule has 17 heavy (non-hydrogen) atoms. The molecule has 4 heteroatoms. The number of nitriles is 1. The lowest BCUT2D eigenvalue weighted by Gasteiger charge is -2.07. The second-order valence-corrected chi connectivity index (χ2v) is 4.63. The average Bonchev–Trinajstić information content (AvgIpc) is 2.40. The van der Waals surface area contributed by atoms with Gasteiger partial charge in [-0.25, -0.2) is 9.97 Å². The zero-order valence-electron chi connectivity index (χ0n) is 9.15. The first kappa shape index (κ1) is 11.6. The molecule has 0 saturated carbocycles. The fraction of sp³-hybridized carbons (Fsp3) is 0.154. The standard InChI is InChI=1S/C13H11N3S/c14-10-12(9-11-5-2-1-3-6-11)17-13-15-7-4-8-16-13/h1-8,12H,9H2. The molecule has 3 nitrogen and oxygen atoms in total. The first-order valence-electron chi connectivity index (χ1n) is 5.25. The van der Waals surface area contributed by atoms with E-state index in [0.29, 0.717) is 11.6 Å². The Morgan fingerprint density at radius 3 is 2.47 bits per heavy atom. The molecule has 0 aliphatic carbocycles. The van der Waals surface area contributed by atoms with Crippen molar-refractivity contribution in [3.63, 3.8) is 0 Å². The summed E-state index contributed by atoms with van der Waals surface area (Å²) in [6.07, 6.45) is 4.08. The van der Waals surface area contributed by atoms with Gasteiger partial charge in [0.15, 0.2) is 5.16 Å². The fourth-order valence-electron chi connectivity index (χ4n) is 1.42. The Balaban J connectivity index is 2.01. The van der Waals surface area contributed by atoms with Gasteiger partial charge in [0, 0.05) is 12.4 Å². The van der Waals surface area contributed by atoms with Crippen LogP contribution in [0.2, 0.25) is 0 Å². The molecule has 0 fully saturated rings. The van der Waals surface area contributed by atoms with Gasteiger partial charge in [-0.2, -0.15) is 5.26 Å². The first-order chi connectivity index (χ1) is 8.38. The molecule has 2 aromatic rings. The Kier molecular flexibility index (Phi) is 4.11. The van der Waals surface area contributed by atoms with Crippen molar-refractivity contribution in [1.82, 2.24) is 9.97 Å². The van der Waals surface area contributed by atoms with Crippen molar-refractivity contribution in [3.8, 4) is 6.07 Å². The molecule has 0 saturated heterocycles. The van der Waals surface area contributed by atoms with Gasteiger partial charge in [-0.3, -0.25) is 0 Å². The van der Waals surface area contributed by atoms with Crippen LogP contribution in [0.15, 0.2) is 53.9 Å². The van der Waals surface area contributed by atoms with E-state index in [2.05, 4.69) is 16.0 Å². The van der Waals surface area contributed by atoms with Gasteiger partial charge in [-0.05, 0) is 18.1 Å². The molecular formula is C13H11N3S. The minimum atomic E-state index is -0.153. The molecule has 0 radical (unpaired) electrons. The summed E-state index contributed by atoms with van der Waals surface area (Å²) in [5.74, 6) is 0. The van der Waals surface area contributed by atoms with Crippen molar-refractivity contribution in [1.29, 1.82) is 5.26 Å². The van der Waals surface area contributed by atoms with Crippen LogP contribution in [0.4, 0.5) is 0 Å². The average molecular weight is 241 g/mol. The Labute approximate surface area is 105 Å². The van der Waals surface area contributed by atoms with Gasteiger partial charge in [0.1, 0.15) is 5.25 Å². The summed E-state index contributed by atoms with van der Waals surface area (Å²) in [4.78, 5) is 8.22. The van der Waals surface area contributed by atoms with Gasteiger partial charge in [0.2, 0.25) is 0 Å². The second-order valence-electron chi connectivity index (χ2n) is 3.46. The number of benzene rings is 1. The van der Waals surface area contributed by atoms with Crippen LogP contribution < -0.4 is 0 Å². The van der Waals surface area contributed by atoms with Crippen molar-refractivity contribution >= 4 is 11.8 Å². The summed E-state index contributed by atoms with van der Waals surface area (Å²) in [7, 11) is 0. The fourth-order valence-corrected chi connectivity index (χ4v) is 2.24. The highest BCUT2D eigenvalue weighted by molar-refractivity contribution is 8.00. The number of thioether (sulfide) groups is 1. The SMILES string of the molecule is N#CC(Cc1ccccc1)Sc1ncccn1. The normalized spacial score (nSPS) is 11.7. The molecule has 1 unspecified atom stereocenters. The summed E-state index contributed by atoms with van der Waals surface area (Å²) in [5, 5.41) is 9.62. The first-order valence-corrected chi connectivity index (χ1v) is 6.13. The zero-order valence-corrected chi connectivity index (χ0v) is 9.97. The van der Waals surface area contributed by atoms with Gasteiger partial charge >= 0.3 is 0 Å². The molecule has 0 aliphatic heterocycles. The number of aromatic nitrogens is 2. The molecule has 1 aromatic carbocycles. The van der Waals surface area contributed by atoms with E-state index in [1.165, 1.54) is 11.8 Å². The van der Waals surface area contributed by atoms with E-state index in [9.17, 15) is 0 Å². The highest BCUT2D eigenvalue weighted by atomic mass is 32.2. The summed E-state index contributed by atoms with van der Waals surface area (Å²) >= 11 is 1.40. The lowest BCUT2D eigenvalue weighted by atomic mass is 10.1. The predicted molar refractivity (Wildman–Crippen MR) is 67.4 cm³/mol. The van der Waals surface area contributed by atoms with Gasteiger partial charge in [0.05, 0.1) is 6.07 Å². The van der Waals surface area contributed by atoms with Crippen molar-refractivity contribution in [2.24, 2.45) is 0 Å². The molecular weight excluding hydrogens is 230 g/mol. The molecule has 0 amide bonds. The summed E-state index contributed by atoms with van der Waals surface area (Å²) in [5.41, 5.74) is 1.16. The van der Waals surface area contributed by atoms with E-state index in [-0.39, 0.29) is 5.25 Å². The largest absolute Gasteiger partial charge is 0.231 e. The monoisotopic (exact) mass is 241 g/mol. The third-order valence-electron chi connectivity index (χ3n) is 2.20. The highest BCUT2D eigenvalue weighted by Crippen LogP contribution is 2.21. The van der Waals surface area contributed by atoms with Crippen LogP contribution in [-0.2, 0) is 6.42 Å². The maximum atomic E-state index is 9.12. The van der Waals surface area contributed by atoms with E-state index >= 15 is 0 Å². The van der Waals surface area contributed by atoms with Crippen LogP contribution in [0.5, 0.6) is 0 Å². The molecule has 84 valence electrons. The van der Waals surface area contributed by atoms with Gasteiger partial charge in [-0.1, -0.05) is 42.1 Å². The third kappa shape index (κ3) is 3.58. The molecule has 0 N–H and O–H groups in total. The zero-order chi connectivity index (χ0) is 11.9. The Bertz CT molecular complexity index is 452. The molecule has 1 atom stereocenters. The molecule has 0 aliphatic rings. The van der Waals surface area contributed by atoms with Crippen molar-refractivity contribution < 1.29 is 0 Å². The highest BCUT2D eigenvalue weighted by Gasteiger charge is 2.11. The lowest BCUT2D eigenvalue weighted by molar-refractivity contribution is 0.947. The van der Waals surface area contributed by atoms with Crippen molar-refractivity contribution in [2.45, 2.75) is 16.8 Å². The van der Waals surface area contributed by atoms with Crippen LogP contribution in [0.3, 0.4) is 0 Å². The van der Waals surface area contributed by atoms with E-state index in [1.54, 1.807) is 18.5 Å². The number of hydrogen-bond acceptors (Lipinski definition) is 4. The maximum absolute atomic E-state index is 9.12. The molecule has 2 rings (SSSR count). The summed E-state index contributed by atoms with van der Waals surface area (Å²) in [6, 6.07) is 14.0. The van der Waals surface area contributed by atoms with E-state index in [0.717, 1.165) is 5.56 Å². The number of nitrogens with zero attached hydrogens (tertiary/aromatic N) is 3. The Morgan fingerprint density at radius 2 is 1.82 bits per heavy atom. The predicted octanol–water partition coefficient (Wildman–Crippen LogP) is 2.70. The van der Waals surface area contributed by atoms with E-state index in [4.69, 9.17) is 5.26 Å². The maximum Gasteiger partial charge on any atom is 0.188 e. The lowest BCUT2D eigenvalue weighted by Crippen LogP contribution is -2.04. The molecule has 0 bridgehead atoms. The van der Waals surface area contributed by atoms with Crippen molar-refractivity contribution in [3.05, 3.63) is 54.4 Å². The minimum Gasteiger partial charge on any atom is -0.231 e. The quantitative estimate of drug-likeness (QED) is 0.610. The van der Waals surface area contributed by atoms with E-state index < -0.39 is 0 Å². The second kappa shape index (κ2) is 6.02. The van der Waals surface area contributed by atoms with E-state index in [1.807, 2.05) is 30.3 Å². The van der Waals surface area contributed by atoms with Crippen LogP contribution >= 0.6 is 11.8 Å². The van der Waals surface area contributed by atoms with Crippen LogP contribution in [0.25, 0.3) is 0 Å².